The molecule has 0 heterocycles. The van der Waals surface area contributed by atoms with Gasteiger partial charge in [0.2, 0.25) is 0 Å². The molecular weight excluding hydrogens is 539 g/mol. The summed E-state index contributed by atoms with van der Waals surface area (Å²) in [7, 11) is 0. The van der Waals surface area contributed by atoms with Crippen LogP contribution in [-0.2, 0) is 0 Å². The Balaban J connectivity index is 1.50. The molecule has 0 unspecified atom stereocenters. The maximum absolute atomic E-state index is 12.3. The van der Waals surface area contributed by atoms with Crippen molar-refractivity contribution in [2.45, 2.75) is 6.92 Å². The normalized spacial score (nSPS) is 10.1. The SMILES string of the molecule is Cc1ccc(C(=O)NC(=S)NNC(=O)c2ccc(NC(=O)c3ccccc3)cc2)cc1I. The summed E-state index contributed by atoms with van der Waals surface area (Å²) in [6, 6.07) is 20.5. The van der Waals surface area contributed by atoms with Crippen molar-refractivity contribution in [3.05, 3.63) is 98.6 Å². The van der Waals surface area contributed by atoms with Gasteiger partial charge in [-0.1, -0.05) is 24.3 Å². The quantitative estimate of drug-likeness (QED) is 0.222. The number of amides is 3. The van der Waals surface area contributed by atoms with Crippen molar-refractivity contribution in [3.8, 4) is 0 Å². The van der Waals surface area contributed by atoms with Crippen LogP contribution in [0.15, 0.2) is 72.8 Å². The summed E-state index contributed by atoms with van der Waals surface area (Å²) in [5.74, 6) is -1.07. The van der Waals surface area contributed by atoms with Gasteiger partial charge in [-0.25, -0.2) is 0 Å². The zero-order valence-electron chi connectivity index (χ0n) is 16.9. The van der Waals surface area contributed by atoms with Crippen molar-refractivity contribution >= 4 is 63.3 Å². The van der Waals surface area contributed by atoms with Gasteiger partial charge in [0.15, 0.2) is 5.11 Å². The molecule has 0 saturated heterocycles. The van der Waals surface area contributed by atoms with Gasteiger partial charge in [0.1, 0.15) is 0 Å². The summed E-state index contributed by atoms with van der Waals surface area (Å²) in [4.78, 5) is 36.8. The van der Waals surface area contributed by atoms with Gasteiger partial charge in [-0.15, -0.1) is 0 Å². The summed E-state index contributed by atoms with van der Waals surface area (Å²) in [6.07, 6.45) is 0. The number of hydrogen-bond acceptors (Lipinski definition) is 4. The minimum atomic E-state index is -0.451. The van der Waals surface area contributed by atoms with Crippen molar-refractivity contribution in [1.29, 1.82) is 0 Å². The number of anilines is 1. The molecule has 4 N–H and O–H groups in total. The molecule has 9 heteroatoms. The number of hydrogen-bond donors (Lipinski definition) is 4. The van der Waals surface area contributed by atoms with Crippen LogP contribution in [0.1, 0.15) is 36.6 Å². The molecule has 0 atom stereocenters. The summed E-state index contributed by atoms with van der Waals surface area (Å²) < 4.78 is 0.964. The average molecular weight is 558 g/mol. The highest BCUT2D eigenvalue weighted by Gasteiger charge is 2.11. The van der Waals surface area contributed by atoms with E-state index < -0.39 is 5.91 Å². The third kappa shape index (κ3) is 6.34. The van der Waals surface area contributed by atoms with Gasteiger partial charge < -0.3 is 5.32 Å². The van der Waals surface area contributed by atoms with Crippen LogP contribution >= 0.6 is 34.8 Å². The molecule has 0 spiro atoms. The Morgan fingerprint density at radius 1 is 0.750 bits per heavy atom. The van der Waals surface area contributed by atoms with Crippen molar-refractivity contribution in [1.82, 2.24) is 16.2 Å². The number of carbonyl (C=O) groups excluding carboxylic acids is 3. The molecular formula is C23H19IN4O3S. The van der Waals surface area contributed by atoms with Crippen molar-refractivity contribution in [3.63, 3.8) is 0 Å². The van der Waals surface area contributed by atoms with E-state index in [0.29, 0.717) is 22.4 Å². The number of carbonyl (C=O) groups is 3. The van der Waals surface area contributed by atoms with Gasteiger partial charge in [0, 0.05) is 25.9 Å². The predicted molar refractivity (Wildman–Crippen MR) is 135 cm³/mol. The van der Waals surface area contributed by atoms with Gasteiger partial charge in [-0.05, 0) is 95.8 Å². The minimum absolute atomic E-state index is 0.0364. The third-order valence-corrected chi connectivity index (χ3v) is 5.76. The molecule has 3 amide bonds. The Hall–Kier alpha value is -3.31. The second-order valence-corrected chi connectivity index (χ2v) is 8.29. The van der Waals surface area contributed by atoms with Gasteiger partial charge in [0.25, 0.3) is 17.7 Å². The number of benzene rings is 3. The lowest BCUT2D eigenvalue weighted by atomic mass is 10.1. The number of thiocarbonyl (C=S) groups is 1. The monoisotopic (exact) mass is 558 g/mol. The first-order valence-corrected chi connectivity index (χ1v) is 11.0. The zero-order valence-corrected chi connectivity index (χ0v) is 19.9. The fraction of sp³-hybridized carbons (Fsp3) is 0.0435. The lowest BCUT2D eigenvalue weighted by Crippen LogP contribution is -2.48. The van der Waals surface area contributed by atoms with E-state index in [0.717, 1.165) is 9.13 Å². The van der Waals surface area contributed by atoms with E-state index in [1.807, 2.05) is 19.1 Å². The molecule has 3 rings (SSSR count). The van der Waals surface area contributed by atoms with Gasteiger partial charge in [0.05, 0.1) is 0 Å². The molecule has 3 aromatic rings. The summed E-state index contributed by atoms with van der Waals surface area (Å²) in [6.45, 7) is 1.95. The van der Waals surface area contributed by atoms with Crippen molar-refractivity contribution < 1.29 is 14.4 Å². The van der Waals surface area contributed by atoms with E-state index in [9.17, 15) is 14.4 Å². The summed E-state index contributed by atoms with van der Waals surface area (Å²) >= 11 is 7.22. The molecule has 0 bridgehead atoms. The molecule has 7 nitrogen and oxygen atoms in total. The number of nitrogens with one attached hydrogen (secondary N) is 4. The van der Waals surface area contributed by atoms with Crippen molar-refractivity contribution in [2.75, 3.05) is 5.32 Å². The first-order chi connectivity index (χ1) is 15.3. The van der Waals surface area contributed by atoms with Crippen LogP contribution in [-0.4, -0.2) is 22.8 Å². The largest absolute Gasteiger partial charge is 0.322 e. The van der Waals surface area contributed by atoms with E-state index in [2.05, 4.69) is 44.1 Å². The standard InChI is InChI=1S/C23H19IN4O3S/c1-14-7-8-17(13-19(14)24)21(30)26-23(32)28-27-22(31)16-9-11-18(12-10-16)25-20(29)15-5-3-2-4-6-15/h2-13H,1H3,(H,25,29)(H,27,31)(H2,26,28,30,32). The molecule has 0 radical (unpaired) electrons. The first-order valence-electron chi connectivity index (χ1n) is 9.48. The van der Waals surface area contributed by atoms with Crippen LogP contribution in [0.4, 0.5) is 5.69 Å². The average Bonchev–Trinajstić information content (AvgIpc) is 2.80. The lowest BCUT2D eigenvalue weighted by molar-refractivity contribution is 0.0934. The van der Waals surface area contributed by atoms with Crippen LogP contribution in [0.3, 0.4) is 0 Å². The highest BCUT2D eigenvalue weighted by molar-refractivity contribution is 14.1. The molecule has 0 aromatic heterocycles. The third-order valence-electron chi connectivity index (χ3n) is 4.39. The van der Waals surface area contributed by atoms with Gasteiger partial charge >= 0.3 is 0 Å². The fourth-order valence-electron chi connectivity index (χ4n) is 2.62. The second-order valence-electron chi connectivity index (χ2n) is 6.72. The minimum Gasteiger partial charge on any atom is -0.322 e. The van der Waals surface area contributed by atoms with Crippen LogP contribution in [0.2, 0.25) is 0 Å². The van der Waals surface area contributed by atoms with E-state index in [1.165, 1.54) is 0 Å². The lowest BCUT2D eigenvalue weighted by Gasteiger charge is -2.12. The number of rotatable bonds is 4. The Labute approximate surface area is 204 Å². The summed E-state index contributed by atoms with van der Waals surface area (Å²) in [5.41, 5.74) is 7.90. The number of hydrazine groups is 1. The van der Waals surface area contributed by atoms with E-state index in [4.69, 9.17) is 12.2 Å². The van der Waals surface area contributed by atoms with Crippen LogP contribution in [0.5, 0.6) is 0 Å². The maximum atomic E-state index is 12.3. The van der Waals surface area contributed by atoms with Gasteiger partial charge in [-0.2, -0.15) is 0 Å². The highest BCUT2D eigenvalue weighted by Crippen LogP contribution is 2.13. The molecule has 0 saturated carbocycles. The molecule has 162 valence electrons. The molecule has 0 aliphatic rings. The highest BCUT2D eigenvalue weighted by atomic mass is 127. The number of halogens is 1. The van der Waals surface area contributed by atoms with E-state index >= 15 is 0 Å². The van der Waals surface area contributed by atoms with E-state index in [-0.39, 0.29) is 16.9 Å². The zero-order chi connectivity index (χ0) is 23.1. The van der Waals surface area contributed by atoms with Crippen molar-refractivity contribution in [2.24, 2.45) is 0 Å². The van der Waals surface area contributed by atoms with Crippen LogP contribution in [0, 0.1) is 10.5 Å². The maximum Gasteiger partial charge on any atom is 0.269 e. The van der Waals surface area contributed by atoms with Gasteiger partial charge in [-0.3, -0.25) is 30.6 Å². The fourth-order valence-corrected chi connectivity index (χ4v) is 3.28. The molecule has 3 aromatic carbocycles. The van der Waals surface area contributed by atoms with Crippen LogP contribution < -0.4 is 21.5 Å². The topological polar surface area (TPSA) is 99.3 Å². The Morgan fingerprint density at radius 3 is 2.03 bits per heavy atom. The Morgan fingerprint density at radius 2 is 1.38 bits per heavy atom. The molecule has 32 heavy (non-hydrogen) atoms. The number of aryl methyl sites for hydroxylation is 1. The smallest absolute Gasteiger partial charge is 0.269 e. The summed E-state index contributed by atoms with van der Waals surface area (Å²) in [5, 5.41) is 5.24. The second kappa shape index (κ2) is 10.8. The Bertz CT molecular complexity index is 1170. The molecule has 0 fully saturated rings. The van der Waals surface area contributed by atoms with Crippen LogP contribution in [0.25, 0.3) is 0 Å². The van der Waals surface area contributed by atoms with E-state index in [1.54, 1.807) is 60.7 Å². The first kappa shape index (κ1) is 23.4. The molecule has 0 aliphatic carbocycles. The predicted octanol–water partition coefficient (Wildman–Crippen LogP) is 3.80. The molecule has 0 aliphatic heterocycles. The Kier molecular flexibility index (Phi) is 7.90.